The van der Waals surface area contributed by atoms with Crippen molar-refractivity contribution >= 4 is 23.3 Å². The Bertz CT molecular complexity index is 915. The lowest BCUT2D eigenvalue weighted by atomic mass is 9.99. The van der Waals surface area contributed by atoms with Gasteiger partial charge in [0, 0.05) is 31.6 Å². The predicted molar refractivity (Wildman–Crippen MR) is 110 cm³/mol. The monoisotopic (exact) mass is 395 g/mol. The average molecular weight is 395 g/mol. The van der Waals surface area contributed by atoms with Gasteiger partial charge >= 0.3 is 6.03 Å². The molecule has 0 aliphatic carbocycles. The minimum Gasteiger partial charge on any atom is -0.495 e. The van der Waals surface area contributed by atoms with Gasteiger partial charge < -0.3 is 25.0 Å². The van der Waals surface area contributed by atoms with Crippen LogP contribution in [-0.4, -0.2) is 38.2 Å². The van der Waals surface area contributed by atoms with E-state index in [9.17, 15) is 9.59 Å². The first-order chi connectivity index (χ1) is 14.1. The standard InChI is InChI=1S/C22H25N3O4/c1-28-20-9-8-17(12-19(20)25-10-4-7-21(25)26)24-22(27)23-13-18-11-15-5-2-3-6-16(15)14-29-18/h2-3,5-6,8-9,12,18H,4,7,10-11,13-14H2,1H3,(H2,23,24,27)/t18-/m0/s1. The molecule has 2 aliphatic rings. The second kappa shape index (κ2) is 8.53. The fraction of sp³-hybridized carbons (Fsp3) is 0.364. The number of carbonyl (C=O) groups is 2. The lowest BCUT2D eigenvalue weighted by Gasteiger charge is -2.25. The van der Waals surface area contributed by atoms with Crippen LogP contribution in [0.1, 0.15) is 24.0 Å². The Morgan fingerprint density at radius 1 is 1.24 bits per heavy atom. The molecule has 0 radical (unpaired) electrons. The second-order valence-electron chi connectivity index (χ2n) is 7.28. The number of benzene rings is 2. The van der Waals surface area contributed by atoms with Crippen LogP contribution in [0.25, 0.3) is 0 Å². The molecule has 1 atom stereocenters. The number of carbonyl (C=O) groups excluding carboxylic acids is 2. The lowest BCUT2D eigenvalue weighted by Crippen LogP contribution is -2.38. The number of hydrogen-bond donors (Lipinski definition) is 2. The van der Waals surface area contributed by atoms with Crippen molar-refractivity contribution in [2.75, 3.05) is 30.4 Å². The Morgan fingerprint density at radius 3 is 2.83 bits per heavy atom. The molecule has 2 heterocycles. The fourth-order valence-corrected chi connectivity index (χ4v) is 3.80. The third kappa shape index (κ3) is 4.35. The molecule has 0 spiro atoms. The first kappa shape index (κ1) is 19.3. The number of amides is 3. The molecule has 7 heteroatoms. The summed E-state index contributed by atoms with van der Waals surface area (Å²) in [6.45, 7) is 1.65. The molecule has 29 heavy (non-hydrogen) atoms. The molecule has 1 fully saturated rings. The van der Waals surface area contributed by atoms with Crippen molar-refractivity contribution < 1.29 is 19.1 Å². The number of anilines is 2. The number of urea groups is 1. The number of hydrogen-bond acceptors (Lipinski definition) is 4. The van der Waals surface area contributed by atoms with E-state index in [-0.39, 0.29) is 18.0 Å². The SMILES string of the molecule is COc1ccc(NC(=O)NC[C@@H]2Cc3ccccc3CO2)cc1N1CCCC1=O. The second-order valence-corrected chi connectivity index (χ2v) is 7.28. The van der Waals surface area contributed by atoms with Gasteiger partial charge in [0.15, 0.2) is 0 Å². The first-order valence-corrected chi connectivity index (χ1v) is 9.85. The van der Waals surface area contributed by atoms with Crippen LogP contribution < -0.4 is 20.3 Å². The van der Waals surface area contributed by atoms with Crippen LogP contribution in [0.3, 0.4) is 0 Å². The van der Waals surface area contributed by atoms with Crippen molar-refractivity contribution in [2.24, 2.45) is 0 Å². The molecular formula is C22H25N3O4. The number of nitrogens with one attached hydrogen (secondary N) is 2. The molecule has 2 N–H and O–H groups in total. The van der Waals surface area contributed by atoms with Gasteiger partial charge in [-0.25, -0.2) is 4.79 Å². The predicted octanol–water partition coefficient (Wildman–Crippen LogP) is 3.09. The smallest absolute Gasteiger partial charge is 0.319 e. The molecule has 0 saturated carbocycles. The molecule has 0 unspecified atom stereocenters. The maximum Gasteiger partial charge on any atom is 0.319 e. The van der Waals surface area contributed by atoms with E-state index < -0.39 is 0 Å². The maximum absolute atomic E-state index is 12.4. The van der Waals surface area contributed by atoms with Gasteiger partial charge in [0.05, 0.1) is 25.5 Å². The number of fused-ring (bicyclic) bond motifs is 1. The van der Waals surface area contributed by atoms with Crippen LogP contribution in [-0.2, 0) is 22.6 Å². The largest absolute Gasteiger partial charge is 0.495 e. The Labute approximate surface area is 170 Å². The summed E-state index contributed by atoms with van der Waals surface area (Å²) in [5.74, 6) is 0.681. The fourth-order valence-electron chi connectivity index (χ4n) is 3.80. The van der Waals surface area contributed by atoms with Gasteiger partial charge in [-0.05, 0) is 35.7 Å². The number of ether oxygens (including phenoxy) is 2. The highest BCUT2D eigenvalue weighted by molar-refractivity contribution is 5.98. The molecule has 1 saturated heterocycles. The summed E-state index contributed by atoms with van der Waals surface area (Å²) in [5, 5.41) is 5.70. The van der Waals surface area contributed by atoms with E-state index in [1.807, 2.05) is 12.1 Å². The molecule has 0 bridgehead atoms. The van der Waals surface area contributed by atoms with E-state index >= 15 is 0 Å². The molecule has 0 aromatic heterocycles. The summed E-state index contributed by atoms with van der Waals surface area (Å²) in [6.07, 6.45) is 2.08. The van der Waals surface area contributed by atoms with Crippen molar-refractivity contribution in [1.29, 1.82) is 0 Å². The van der Waals surface area contributed by atoms with Crippen molar-refractivity contribution in [2.45, 2.75) is 32.0 Å². The molecule has 7 nitrogen and oxygen atoms in total. The highest BCUT2D eigenvalue weighted by atomic mass is 16.5. The zero-order valence-electron chi connectivity index (χ0n) is 16.4. The van der Waals surface area contributed by atoms with Crippen LogP contribution in [0.2, 0.25) is 0 Å². The molecular weight excluding hydrogens is 370 g/mol. The lowest BCUT2D eigenvalue weighted by molar-refractivity contribution is -0.117. The van der Waals surface area contributed by atoms with Gasteiger partial charge in [-0.2, -0.15) is 0 Å². The number of rotatable bonds is 5. The number of nitrogens with zero attached hydrogens (tertiary/aromatic N) is 1. The third-order valence-electron chi connectivity index (χ3n) is 5.33. The van der Waals surface area contributed by atoms with E-state index in [1.54, 1.807) is 30.2 Å². The zero-order valence-corrected chi connectivity index (χ0v) is 16.4. The average Bonchev–Trinajstić information content (AvgIpc) is 3.17. The minimum atomic E-state index is -0.309. The molecule has 152 valence electrons. The topological polar surface area (TPSA) is 79.9 Å². The summed E-state index contributed by atoms with van der Waals surface area (Å²) in [6, 6.07) is 13.2. The van der Waals surface area contributed by atoms with E-state index in [4.69, 9.17) is 9.47 Å². The Hall–Kier alpha value is -3.06. The van der Waals surface area contributed by atoms with E-state index in [2.05, 4.69) is 22.8 Å². The van der Waals surface area contributed by atoms with E-state index in [1.165, 1.54) is 11.1 Å². The van der Waals surface area contributed by atoms with Crippen LogP contribution in [0.4, 0.5) is 16.2 Å². The van der Waals surface area contributed by atoms with Crippen molar-refractivity contribution in [3.63, 3.8) is 0 Å². The Kier molecular flexibility index (Phi) is 5.67. The van der Waals surface area contributed by atoms with Gasteiger partial charge in [0.25, 0.3) is 0 Å². The Balaban J connectivity index is 1.36. The Morgan fingerprint density at radius 2 is 2.07 bits per heavy atom. The summed E-state index contributed by atoms with van der Waals surface area (Å²) in [5.41, 5.74) is 3.75. The normalized spacial score (nSPS) is 18.3. The van der Waals surface area contributed by atoms with E-state index in [0.29, 0.717) is 43.2 Å². The van der Waals surface area contributed by atoms with E-state index in [0.717, 1.165) is 12.8 Å². The maximum atomic E-state index is 12.4. The molecule has 4 rings (SSSR count). The highest BCUT2D eigenvalue weighted by Gasteiger charge is 2.25. The minimum absolute atomic E-state index is 0.0516. The first-order valence-electron chi connectivity index (χ1n) is 9.85. The molecule has 3 amide bonds. The van der Waals surface area contributed by atoms with Crippen LogP contribution in [0, 0.1) is 0 Å². The van der Waals surface area contributed by atoms with Gasteiger partial charge in [-0.3, -0.25) is 4.79 Å². The molecule has 2 aliphatic heterocycles. The van der Waals surface area contributed by atoms with Gasteiger partial charge in [-0.1, -0.05) is 24.3 Å². The zero-order chi connectivity index (χ0) is 20.2. The summed E-state index contributed by atoms with van der Waals surface area (Å²) in [4.78, 5) is 26.2. The summed E-state index contributed by atoms with van der Waals surface area (Å²) < 4.78 is 11.2. The van der Waals surface area contributed by atoms with Crippen LogP contribution in [0.15, 0.2) is 42.5 Å². The number of methoxy groups -OCH3 is 1. The van der Waals surface area contributed by atoms with Gasteiger partial charge in [0.2, 0.25) is 5.91 Å². The van der Waals surface area contributed by atoms with Crippen molar-refractivity contribution in [3.05, 3.63) is 53.6 Å². The molecule has 2 aromatic rings. The molecule has 2 aromatic carbocycles. The highest BCUT2D eigenvalue weighted by Crippen LogP contribution is 2.34. The quantitative estimate of drug-likeness (QED) is 0.815. The van der Waals surface area contributed by atoms with Gasteiger partial charge in [-0.15, -0.1) is 0 Å². The van der Waals surface area contributed by atoms with Crippen LogP contribution >= 0.6 is 0 Å². The summed E-state index contributed by atoms with van der Waals surface area (Å²) in [7, 11) is 1.57. The van der Waals surface area contributed by atoms with Crippen LogP contribution in [0.5, 0.6) is 5.75 Å². The van der Waals surface area contributed by atoms with Crippen molar-refractivity contribution in [1.82, 2.24) is 5.32 Å². The van der Waals surface area contributed by atoms with Crippen molar-refractivity contribution in [3.8, 4) is 5.75 Å². The summed E-state index contributed by atoms with van der Waals surface area (Å²) >= 11 is 0. The van der Waals surface area contributed by atoms with Gasteiger partial charge in [0.1, 0.15) is 5.75 Å². The third-order valence-corrected chi connectivity index (χ3v) is 5.33.